The van der Waals surface area contributed by atoms with Crippen molar-refractivity contribution >= 4 is 23.1 Å². The average Bonchev–Trinajstić information content (AvgIpc) is 3.10. The SMILES string of the molecule is Cc1nc(-c2ccccc2)sc1CC(=O)N1CCN(c2ccccn2)CC1. The predicted octanol–water partition coefficient (Wildman–Crippen LogP) is 3.40. The molecule has 0 bridgehead atoms. The van der Waals surface area contributed by atoms with Gasteiger partial charge in [0.25, 0.3) is 0 Å². The largest absolute Gasteiger partial charge is 0.353 e. The number of rotatable bonds is 4. The first-order valence-corrected chi connectivity index (χ1v) is 9.98. The van der Waals surface area contributed by atoms with Crippen LogP contribution in [0.4, 0.5) is 5.82 Å². The van der Waals surface area contributed by atoms with Crippen LogP contribution >= 0.6 is 11.3 Å². The molecule has 0 spiro atoms. The molecule has 138 valence electrons. The van der Waals surface area contributed by atoms with Crippen LogP contribution < -0.4 is 4.90 Å². The fourth-order valence-electron chi connectivity index (χ4n) is 3.27. The predicted molar refractivity (Wildman–Crippen MR) is 109 cm³/mol. The summed E-state index contributed by atoms with van der Waals surface area (Å²) in [6.45, 7) is 5.10. The van der Waals surface area contributed by atoms with E-state index in [1.165, 1.54) is 0 Å². The minimum absolute atomic E-state index is 0.182. The Morgan fingerprint density at radius 2 is 1.78 bits per heavy atom. The lowest BCUT2D eigenvalue weighted by Crippen LogP contribution is -2.49. The number of thiazole rings is 1. The Hall–Kier alpha value is -2.73. The molecule has 1 aromatic carbocycles. The highest BCUT2D eigenvalue weighted by Gasteiger charge is 2.23. The fourth-order valence-corrected chi connectivity index (χ4v) is 4.33. The zero-order valence-electron chi connectivity index (χ0n) is 15.3. The first-order valence-electron chi connectivity index (χ1n) is 9.16. The van der Waals surface area contributed by atoms with E-state index in [0.29, 0.717) is 6.42 Å². The molecule has 3 heterocycles. The van der Waals surface area contributed by atoms with Crippen molar-refractivity contribution in [2.75, 3.05) is 31.1 Å². The van der Waals surface area contributed by atoms with E-state index >= 15 is 0 Å². The first-order chi connectivity index (χ1) is 13.2. The van der Waals surface area contributed by atoms with E-state index in [4.69, 9.17) is 0 Å². The quantitative estimate of drug-likeness (QED) is 0.698. The van der Waals surface area contributed by atoms with Gasteiger partial charge in [0.05, 0.1) is 12.1 Å². The van der Waals surface area contributed by atoms with Crippen LogP contribution in [0.5, 0.6) is 0 Å². The van der Waals surface area contributed by atoms with Crippen molar-refractivity contribution in [3.63, 3.8) is 0 Å². The highest BCUT2D eigenvalue weighted by Crippen LogP contribution is 2.28. The van der Waals surface area contributed by atoms with Gasteiger partial charge in [-0.25, -0.2) is 9.97 Å². The summed E-state index contributed by atoms with van der Waals surface area (Å²) < 4.78 is 0. The van der Waals surface area contributed by atoms with E-state index in [-0.39, 0.29) is 5.91 Å². The van der Waals surface area contributed by atoms with Gasteiger partial charge in [-0.15, -0.1) is 11.3 Å². The summed E-state index contributed by atoms with van der Waals surface area (Å²) in [5, 5.41) is 0.982. The fraction of sp³-hybridized carbons (Fsp3) is 0.286. The lowest BCUT2D eigenvalue weighted by atomic mass is 10.2. The number of hydrogen-bond donors (Lipinski definition) is 0. The molecule has 1 aliphatic heterocycles. The van der Waals surface area contributed by atoms with Crippen LogP contribution in [0.25, 0.3) is 10.6 Å². The smallest absolute Gasteiger partial charge is 0.228 e. The number of aryl methyl sites for hydroxylation is 1. The van der Waals surface area contributed by atoms with Crippen LogP contribution in [0.1, 0.15) is 10.6 Å². The van der Waals surface area contributed by atoms with E-state index in [9.17, 15) is 4.79 Å². The molecule has 2 aromatic heterocycles. The third kappa shape index (κ3) is 4.01. The van der Waals surface area contributed by atoms with Gasteiger partial charge in [0.1, 0.15) is 10.8 Å². The number of nitrogens with zero attached hydrogens (tertiary/aromatic N) is 4. The molecule has 0 unspecified atom stereocenters. The van der Waals surface area contributed by atoms with E-state index < -0.39 is 0 Å². The number of benzene rings is 1. The van der Waals surface area contributed by atoms with E-state index in [0.717, 1.165) is 53.1 Å². The lowest BCUT2D eigenvalue weighted by molar-refractivity contribution is -0.130. The molecule has 0 atom stereocenters. The molecule has 4 rings (SSSR count). The normalized spacial score (nSPS) is 14.4. The molecule has 1 saturated heterocycles. The standard InChI is InChI=1S/C21H22N4OS/c1-16-18(27-21(23-16)17-7-3-2-4-8-17)15-20(26)25-13-11-24(12-14-25)19-9-5-6-10-22-19/h2-10H,11-15H2,1H3. The third-order valence-electron chi connectivity index (χ3n) is 4.83. The number of carbonyl (C=O) groups is 1. The van der Waals surface area contributed by atoms with Crippen LogP contribution in [-0.2, 0) is 11.2 Å². The zero-order chi connectivity index (χ0) is 18.6. The van der Waals surface area contributed by atoms with Gasteiger partial charge in [0.15, 0.2) is 0 Å². The molecule has 0 radical (unpaired) electrons. The number of anilines is 1. The molecule has 0 aliphatic carbocycles. The number of carbonyl (C=O) groups excluding carboxylic acids is 1. The molecule has 0 N–H and O–H groups in total. The van der Waals surface area contributed by atoms with Crippen molar-refractivity contribution < 1.29 is 4.79 Å². The zero-order valence-corrected chi connectivity index (χ0v) is 16.2. The molecule has 0 saturated carbocycles. The summed E-state index contributed by atoms with van der Waals surface area (Å²) in [5.74, 6) is 1.16. The summed E-state index contributed by atoms with van der Waals surface area (Å²) >= 11 is 1.62. The topological polar surface area (TPSA) is 49.3 Å². The van der Waals surface area contributed by atoms with Gasteiger partial charge in [-0.2, -0.15) is 0 Å². The Bertz CT molecular complexity index is 902. The van der Waals surface area contributed by atoms with Crippen molar-refractivity contribution in [2.24, 2.45) is 0 Å². The molecular weight excluding hydrogens is 356 g/mol. The molecule has 6 heteroatoms. The van der Waals surface area contributed by atoms with Gasteiger partial charge < -0.3 is 9.80 Å². The molecule has 5 nitrogen and oxygen atoms in total. The lowest BCUT2D eigenvalue weighted by Gasteiger charge is -2.35. The van der Waals surface area contributed by atoms with Gasteiger partial charge in [-0.05, 0) is 19.1 Å². The van der Waals surface area contributed by atoms with Crippen molar-refractivity contribution in [2.45, 2.75) is 13.3 Å². The maximum atomic E-state index is 12.8. The van der Waals surface area contributed by atoms with Crippen molar-refractivity contribution in [3.8, 4) is 10.6 Å². The van der Waals surface area contributed by atoms with Crippen LogP contribution in [0.2, 0.25) is 0 Å². The third-order valence-corrected chi connectivity index (χ3v) is 6.04. The van der Waals surface area contributed by atoms with Gasteiger partial charge in [-0.1, -0.05) is 36.4 Å². The number of aromatic nitrogens is 2. The first kappa shape index (κ1) is 17.7. The summed E-state index contributed by atoms with van der Waals surface area (Å²) in [7, 11) is 0. The molecule has 27 heavy (non-hydrogen) atoms. The van der Waals surface area contributed by atoms with Crippen molar-refractivity contribution in [3.05, 3.63) is 65.3 Å². The molecule has 1 aliphatic rings. The van der Waals surface area contributed by atoms with Crippen LogP contribution in [0, 0.1) is 6.92 Å². The van der Waals surface area contributed by atoms with E-state index in [1.54, 1.807) is 11.3 Å². The van der Waals surface area contributed by atoms with Gasteiger partial charge >= 0.3 is 0 Å². The molecule has 3 aromatic rings. The second-order valence-corrected chi connectivity index (χ2v) is 7.71. The van der Waals surface area contributed by atoms with Crippen molar-refractivity contribution in [1.82, 2.24) is 14.9 Å². The van der Waals surface area contributed by atoms with Gasteiger partial charge in [0, 0.05) is 42.8 Å². The second-order valence-electron chi connectivity index (χ2n) is 6.63. The number of amides is 1. The monoisotopic (exact) mass is 378 g/mol. The highest BCUT2D eigenvalue weighted by molar-refractivity contribution is 7.15. The van der Waals surface area contributed by atoms with Crippen LogP contribution in [0.3, 0.4) is 0 Å². The van der Waals surface area contributed by atoms with Crippen LogP contribution in [-0.4, -0.2) is 47.0 Å². The Morgan fingerprint density at radius 1 is 1.04 bits per heavy atom. The van der Waals surface area contributed by atoms with E-state index in [2.05, 4.69) is 27.0 Å². The Labute approximate surface area is 163 Å². The number of hydrogen-bond acceptors (Lipinski definition) is 5. The Kier molecular flexibility index (Phi) is 5.16. The molecule has 1 fully saturated rings. The second kappa shape index (κ2) is 7.88. The maximum Gasteiger partial charge on any atom is 0.228 e. The van der Waals surface area contributed by atoms with Crippen LogP contribution in [0.15, 0.2) is 54.7 Å². The Morgan fingerprint density at radius 3 is 2.48 bits per heavy atom. The summed E-state index contributed by atoms with van der Waals surface area (Å²) in [6.07, 6.45) is 2.24. The minimum Gasteiger partial charge on any atom is -0.353 e. The van der Waals surface area contributed by atoms with Crippen molar-refractivity contribution in [1.29, 1.82) is 0 Å². The highest BCUT2D eigenvalue weighted by atomic mass is 32.1. The number of pyridine rings is 1. The minimum atomic E-state index is 0.182. The summed E-state index contributed by atoms with van der Waals surface area (Å²) in [5.41, 5.74) is 2.06. The Balaban J connectivity index is 1.38. The van der Waals surface area contributed by atoms with E-state index in [1.807, 2.05) is 54.4 Å². The van der Waals surface area contributed by atoms with Gasteiger partial charge in [-0.3, -0.25) is 4.79 Å². The van der Waals surface area contributed by atoms with Gasteiger partial charge in [0.2, 0.25) is 5.91 Å². The maximum absolute atomic E-state index is 12.8. The average molecular weight is 379 g/mol. The molecule has 1 amide bonds. The number of piperazine rings is 1. The molecular formula is C21H22N4OS. The summed E-state index contributed by atoms with van der Waals surface area (Å²) in [4.78, 5) is 27.1. The summed E-state index contributed by atoms with van der Waals surface area (Å²) in [6, 6.07) is 16.1.